The van der Waals surface area contributed by atoms with Crippen LogP contribution in [0, 0.1) is 0 Å². The van der Waals surface area contributed by atoms with E-state index in [-0.39, 0.29) is 5.97 Å². The molecule has 2 aromatic rings. The van der Waals surface area contributed by atoms with Crippen LogP contribution < -0.4 is 0 Å². The van der Waals surface area contributed by atoms with Gasteiger partial charge in [-0.15, -0.1) is 0 Å². The number of carbonyl (C=O) groups is 1. The van der Waals surface area contributed by atoms with Gasteiger partial charge in [0.05, 0.1) is 24.1 Å². The Morgan fingerprint density at radius 2 is 2.11 bits per heavy atom. The molecule has 0 atom stereocenters. The highest BCUT2D eigenvalue weighted by molar-refractivity contribution is 5.94. The lowest BCUT2D eigenvalue weighted by atomic mass is 10.1. The number of aromatic nitrogens is 2. The van der Waals surface area contributed by atoms with Gasteiger partial charge >= 0.3 is 5.97 Å². The first-order chi connectivity index (χ1) is 9.31. The molecule has 1 heterocycles. The van der Waals surface area contributed by atoms with Crippen LogP contribution in [0.4, 0.5) is 0 Å². The van der Waals surface area contributed by atoms with Crippen LogP contribution in [0.25, 0.3) is 12.2 Å². The first kappa shape index (κ1) is 13.0. The minimum atomic E-state index is -0.318. The van der Waals surface area contributed by atoms with E-state index in [9.17, 15) is 4.79 Å². The van der Waals surface area contributed by atoms with E-state index in [1.165, 1.54) is 0 Å². The molecule has 1 aromatic carbocycles. The summed E-state index contributed by atoms with van der Waals surface area (Å²) in [6.45, 7) is 2.15. The van der Waals surface area contributed by atoms with Crippen LogP contribution in [0.1, 0.15) is 28.5 Å². The third-order valence-corrected chi connectivity index (χ3v) is 2.47. The van der Waals surface area contributed by atoms with E-state index in [0.717, 1.165) is 11.3 Å². The maximum Gasteiger partial charge on any atom is 0.338 e. The molecule has 0 aliphatic carbocycles. The lowest BCUT2D eigenvalue weighted by Gasteiger charge is -2.04. The predicted molar refractivity (Wildman–Crippen MR) is 73.4 cm³/mol. The van der Waals surface area contributed by atoms with Gasteiger partial charge in [-0.2, -0.15) is 0 Å². The van der Waals surface area contributed by atoms with Gasteiger partial charge in [-0.25, -0.2) is 4.79 Å². The van der Waals surface area contributed by atoms with E-state index in [2.05, 4.69) is 9.97 Å². The molecule has 0 saturated heterocycles. The quantitative estimate of drug-likeness (QED) is 0.787. The van der Waals surface area contributed by atoms with Crippen molar-refractivity contribution < 1.29 is 9.53 Å². The minimum absolute atomic E-state index is 0.318. The molecule has 0 saturated carbocycles. The van der Waals surface area contributed by atoms with Crippen molar-refractivity contribution in [1.82, 2.24) is 9.97 Å². The van der Waals surface area contributed by atoms with Gasteiger partial charge in [0.2, 0.25) is 0 Å². The molecule has 4 nitrogen and oxygen atoms in total. The largest absolute Gasteiger partial charge is 0.462 e. The average Bonchev–Trinajstić information content (AvgIpc) is 2.47. The van der Waals surface area contributed by atoms with Gasteiger partial charge in [0.1, 0.15) is 0 Å². The summed E-state index contributed by atoms with van der Waals surface area (Å²) in [5.41, 5.74) is 2.08. The highest BCUT2D eigenvalue weighted by Gasteiger charge is 2.09. The van der Waals surface area contributed by atoms with Gasteiger partial charge in [0.15, 0.2) is 0 Å². The molecule has 1 aromatic heterocycles. The molecule has 96 valence electrons. The highest BCUT2D eigenvalue weighted by atomic mass is 16.5. The Morgan fingerprint density at radius 1 is 1.26 bits per heavy atom. The van der Waals surface area contributed by atoms with Crippen molar-refractivity contribution in [1.29, 1.82) is 0 Å². The molecule has 0 unspecified atom stereocenters. The number of hydrogen-bond donors (Lipinski definition) is 0. The fraction of sp³-hybridized carbons (Fsp3) is 0.133. The van der Waals surface area contributed by atoms with E-state index in [4.69, 9.17) is 4.74 Å². The van der Waals surface area contributed by atoms with E-state index in [0.29, 0.717) is 12.2 Å². The maximum absolute atomic E-state index is 11.8. The number of ether oxygens (including phenoxy) is 1. The summed E-state index contributed by atoms with van der Waals surface area (Å²) in [7, 11) is 0. The highest BCUT2D eigenvalue weighted by Crippen LogP contribution is 2.13. The zero-order valence-electron chi connectivity index (χ0n) is 10.6. The fourth-order valence-electron chi connectivity index (χ4n) is 1.61. The number of esters is 1. The summed E-state index contributed by atoms with van der Waals surface area (Å²) < 4.78 is 5.02. The number of hydrogen-bond acceptors (Lipinski definition) is 4. The van der Waals surface area contributed by atoms with Gasteiger partial charge in [-0.1, -0.05) is 24.3 Å². The van der Waals surface area contributed by atoms with Crippen LogP contribution in [0.5, 0.6) is 0 Å². The number of nitrogens with zero attached hydrogens (tertiary/aromatic N) is 2. The van der Waals surface area contributed by atoms with Crippen molar-refractivity contribution >= 4 is 18.1 Å². The maximum atomic E-state index is 11.8. The summed E-state index contributed by atoms with van der Waals surface area (Å²) in [4.78, 5) is 19.9. The lowest BCUT2D eigenvalue weighted by Crippen LogP contribution is -2.06. The first-order valence-electron chi connectivity index (χ1n) is 6.01. The van der Waals surface area contributed by atoms with Crippen LogP contribution in [-0.2, 0) is 4.74 Å². The molecular weight excluding hydrogens is 240 g/mol. The van der Waals surface area contributed by atoms with Crippen LogP contribution in [-0.4, -0.2) is 22.5 Å². The van der Waals surface area contributed by atoms with Crippen LogP contribution in [0.3, 0.4) is 0 Å². The Morgan fingerprint density at radius 3 is 2.84 bits per heavy atom. The average molecular weight is 254 g/mol. The summed E-state index contributed by atoms with van der Waals surface area (Å²) in [6, 6.07) is 7.29. The number of rotatable bonds is 4. The smallest absolute Gasteiger partial charge is 0.338 e. The molecular formula is C15H14N2O2. The van der Waals surface area contributed by atoms with Crippen LogP contribution >= 0.6 is 0 Å². The summed E-state index contributed by atoms with van der Waals surface area (Å²) in [5.74, 6) is -0.318. The summed E-state index contributed by atoms with van der Waals surface area (Å²) >= 11 is 0. The van der Waals surface area contributed by atoms with E-state index >= 15 is 0 Å². The second-order valence-electron chi connectivity index (χ2n) is 3.77. The molecule has 0 N–H and O–H groups in total. The van der Waals surface area contributed by atoms with Crippen molar-refractivity contribution in [3.05, 3.63) is 59.7 Å². The van der Waals surface area contributed by atoms with Gasteiger partial charge in [0.25, 0.3) is 0 Å². The van der Waals surface area contributed by atoms with E-state index in [1.807, 2.05) is 30.4 Å². The zero-order valence-corrected chi connectivity index (χ0v) is 10.6. The third-order valence-electron chi connectivity index (χ3n) is 2.47. The number of benzene rings is 1. The monoisotopic (exact) mass is 254 g/mol. The van der Waals surface area contributed by atoms with Crippen LogP contribution in [0.2, 0.25) is 0 Å². The van der Waals surface area contributed by atoms with Crippen molar-refractivity contribution in [2.75, 3.05) is 6.61 Å². The molecule has 0 radical (unpaired) electrons. The van der Waals surface area contributed by atoms with Crippen molar-refractivity contribution in [2.45, 2.75) is 6.92 Å². The predicted octanol–water partition coefficient (Wildman–Crippen LogP) is 2.82. The van der Waals surface area contributed by atoms with Crippen molar-refractivity contribution in [3.8, 4) is 0 Å². The normalized spacial score (nSPS) is 10.6. The Balaban J connectivity index is 2.25. The number of carbonyl (C=O) groups excluding carboxylic acids is 1. The Bertz CT molecular complexity index is 580. The van der Waals surface area contributed by atoms with Crippen molar-refractivity contribution in [2.24, 2.45) is 0 Å². The lowest BCUT2D eigenvalue weighted by molar-refractivity contribution is 0.0526. The molecule has 19 heavy (non-hydrogen) atoms. The van der Waals surface area contributed by atoms with Crippen LogP contribution in [0.15, 0.2) is 42.9 Å². The SMILES string of the molecule is CCOC(=O)c1ccccc1C=Cc1cnccn1. The van der Waals surface area contributed by atoms with Gasteiger partial charge in [0, 0.05) is 12.4 Å². The summed E-state index contributed by atoms with van der Waals surface area (Å²) in [5, 5.41) is 0. The Labute approximate surface area is 111 Å². The van der Waals surface area contributed by atoms with Gasteiger partial charge < -0.3 is 4.74 Å². The topological polar surface area (TPSA) is 52.1 Å². The molecule has 0 bridgehead atoms. The second-order valence-corrected chi connectivity index (χ2v) is 3.77. The fourth-order valence-corrected chi connectivity index (χ4v) is 1.61. The molecule has 2 rings (SSSR count). The van der Waals surface area contributed by atoms with Gasteiger partial charge in [-0.3, -0.25) is 9.97 Å². The third kappa shape index (κ3) is 3.48. The molecule has 4 heteroatoms. The van der Waals surface area contributed by atoms with E-state index in [1.54, 1.807) is 31.6 Å². The zero-order chi connectivity index (χ0) is 13.5. The Kier molecular flexibility index (Phi) is 4.39. The molecule has 0 spiro atoms. The Hall–Kier alpha value is -2.49. The molecule has 0 aliphatic heterocycles. The minimum Gasteiger partial charge on any atom is -0.462 e. The summed E-state index contributed by atoms with van der Waals surface area (Å²) in [6.07, 6.45) is 8.53. The van der Waals surface area contributed by atoms with Gasteiger partial charge in [-0.05, 0) is 24.6 Å². The standard InChI is InChI=1S/C15H14N2O2/c1-2-19-15(18)14-6-4-3-5-12(14)7-8-13-11-16-9-10-17-13/h3-11H,2H2,1H3. The van der Waals surface area contributed by atoms with E-state index < -0.39 is 0 Å². The van der Waals surface area contributed by atoms with Crippen molar-refractivity contribution in [3.63, 3.8) is 0 Å². The first-order valence-corrected chi connectivity index (χ1v) is 6.01. The molecule has 0 fully saturated rings. The molecule has 0 amide bonds. The molecule has 0 aliphatic rings. The second kappa shape index (κ2) is 6.44.